The van der Waals surface area contributed by atoms with Gasteiger partial charge in [-0.1, -0.05) is 0 Å². The summed E-state index contributed by atoms with van der Waals surface area (Å²) in [5.74, 6) is 0.706. The van der Waals surface area contributed by atoms with Gasteiger partial charge in [-0.25, -0.2) is 0 Å². The molecule has 0 aromatic heterocycles. The molecule has 0 amide bonds. The zero-order chi connectivity index (χ0) is 17.0. The van der Waals surface area contributed by atoms with Gasteiger partial charge in [0, 0.05) is 26.2 Å². The maximum absolute atomic E-state index is 13.7. The van der Waals surface area contributed by atoms with Gasteiger partial charge in [0.05, 0.1) is 21.3 Å². The van der Waals surface area contributed by atoms with E-state index in [1.807, 2.05) is 0 Å². The Hall–Kier alpha value is -1.38. The Labute approximate surface area is 145 Å². The molecule has 0 saturated carbocycles. The monoisotopic (exact) mass is 370 g/mol. The highest BCUT2D eigenvalue weighted by molar-refractivity contribution is 5.85. The van der Waals surface area contributed by atoms with Crippen molar-refractivity contribution in [3.63, 3.8) is 0 Å². The molecular weight excluding hydrogens is 349 g/mol. The molecule has 0 unspecified atom stereocenters. The second-order valence-electron chi connectivity index (χ2n) is 5.19. The third kappa shape index (κ3) is 4.37. The largest absolute Gasteiger partial charge is 0.493 e. The Bertz CT molecular complexity index is 512. The van der Waals surface area contributed by atoms with E-state index in [2.05, 4.69) is 5.32 Å². The number of hydrogen-bond acceptors (Lipinski definition) is 5. The first-order chi connectivity index (χ1) is 10.9. The Morgan fingerprint density at radius 1 is 1.00 bits per heavy atom. The van der Waals surface area contributed by atoms with Crippen molar-refractivity contribution in [1.29, 1.82) is 0 Å². The summed E-state index contributed by atoms with van der Waals surface area (Å²) in [4.78, 5) is 1.41. The van der Waals surface area contributed by atoms with Gasteiger partial charge in [0.25, 0.3) is 0 Å². The maximum atomic E-state index is 13.7. The summed E-state index contributed by atoms with van der Waals surface area (Å²) in [6.07, 6.45) is -4.40. The minimum atomic E-state index is -4.40. The summed E-state index contributed by atoms with van der Waals surface area (Å²) >= 11 is 0. The lowest BCUT2D eigenvalue weighted by atomic mass is 10.0. The molecule has 5 nitrogen and oxygen atoms in total. The first-order valence-corrected chi connectivity index (χ1v) is 7.23. The Balaban J connectivity index is 0.00000288. The number of piperazine rings is 1. The third-order valence-corrected chi connectivity index (χ3v) is 3.83. The van der Waals surface area contributed by atoms with E-state index >= 15 is 0 Å². The minimum absolute atomic E-state index is 0. The van der Waals surface area contributed by atoms with Crippen molar-refractivity contribution < 1.29 is 27.4 Å². The Kier molecular flexibility index (Phi) is 7.44. The van der Waals surface area contributed by atoms with Crippen LogP contribution in [0.1, 0.15) is 11.6 Å². The fraction of sp³-hybridized carbons (Fsp3) is 0.600. The van der Waals surface area contributed by atoms with Gasteiger partial charge in [-0.15, -0.1) is 12.4 Å². The molecule has 1 aliphatic rings. The molecule has 1 fully saturated rings. The van der Waals surface area contributed by atoms with Gasteiger partial charge < -0.3 is 19.5 Å². The van der Waals surface area contributed by atoms with Crippen molar-refractivity contribution in [1.82, 2.24) is 10.2 Å². The van der Waals surface area contributed by atoms with Crippen LogP contribution in [0.25, 0.3) is 0 Å². The van der Waals surface area contributed by atoms with E-state index < -0.39 is 12.2 Å². The topological polar surface area (TPSA) is 43.0 Å². The molecule has 1 N–H and O–H groups in total. The average molecular weight is 371 g/mol. The van der Waals surface area contributed by atoms with Crippen LogP contribution in [0, 0.1) is 0 Å². The van der Waals surface area contributed by atoms with Crippen LogP contribution in [-0.2, 0) is 0 Å². The highest BCUT2D eigenvalue weighted by atomic mass is 35.5. The normalized spacial score (nSPS) is 16.9. The summed E-state index contributed by atoms with van der Waals surface area (Å²) in [5, 5.41) is 3.06. The quantitative estimate of drug-likeness (QED) is 0.863. The zero-order valence-electron chi connectivity index (χ0n) is 13.8. The molecule has 1 aromatic rings. The van der Waals surface area contributed by atoms with Gasteiger partial charge in [-0.2, -0.15) is 13.2 Å². The molecule has 1 saturated heterocycles. The Morgan fingerprint density at radius 2 is 1.50 bits per heavy atom. The average Bonchev–Trinajstić information content (AvgIpc) is 2.53. The van der Waals surface area contributed by atoms with Crippen LogP contribution in [0.15, 0.2) is 12.1 Å². The molecule has 0 radical (unpaired) electrons. The van der Waals surface area contributed by atoms with Crippen molar-refractivity contribution in [3.8, 4) is 17.2 Å². The molecular formula is C15H22ClF3N2O3. The molecule has 2 rings (SSSR count). The predicted octanol–water partition coefficient (Wildman–Crippen LogP) is 2.64. The lowest BCUT2D eigenvalue weighted by Crippen LogP contribution is -2.49. The third-order valence-electron chi connectivity index (χ3n) is 3.83. The molecule has 0 aliphatic carbocycles. The summed E-state index contributed by atoms with van der Waals surface area (Å²) in [6, 6.07) is 1.02. The van der Waals surface area contributed by atoms with Crippen LogP contribution >= 0.6 is 12.4 Å². The van der Waals surface area contributed by atoms with Gasteiger partial charge in [0.1, 0.15) is 6.04 Å². The molecule has 1 aromatic carbocycles. The van der Waals surface area contributed by atoms with Crippen molar-refractivity contribution in [3.05, 3.63) is 17.7 Å². The van der Waals surface area contributed by atoms with E-state index in [0.29, 0.717) is 26.2 Å². The molecule has 24 heavy (non-hydrogen) atoms. The highest BCUT2D eigenvalue weighted by Gasteiger charge is 2.45. The predicted molar refractivity (Wildman–Crippen MR) is 86.6 cm³/mol. The number of nitrogens with zero attached hydrogens (tertiary/aromatic N) is 1. The number of benzene rings is 1. The fourth-order valence-electron chi connectivity index (χ4n) is 2.81. The van der Waals surface area contributed by atoms with Crippen molar-refractivity contribution in [2.24, 2.45) is 0 Å². The van der Waals surface area contributed by atoms with Gasteiger partial charge in [0.2, 0.25) is 5.75 Å². The molecule has 9 heteroatoms. The maximum Gasteiger partial charge on any atom is 0.408 e. The van der Waals surface area contributed by atoms with E-state index in [9.17, 15) is 13.2 Å². The molecule has 1 aliphatic heterocycles. The number of nitrogens with one attached hydrogen (secondary N) is 1. The van der Waals surface area contributed by atoms with E-state index in [0.717, 1.165) is 0 Å². The van der Waals surface area contributed by atoms with Crippen LogP contribution in [-0.4, -0.2) is 58.6 Å². The van der Waals surface area contributed by atoms with E-state index in [-0.39, 0.29) is 35.2 Å². The van der Waals surface area contributed by atoms with Crippen LogP contribution in [0.3, 0.4) is 0 Å². The Morgan fingerprint density at radius 3 is 1.88 bits per heavy atom. The van der Waals surface area contributed by atoms with Crippen LogP contribution in [0.2, 0.25) is 0 Å². The zero-order valence-corrected chi connectivity index (χ0v) is 14.6. The van der Waals surface area contributed by atoms with Crippen LogP contribution < -0.4 is 19.5 Å². The van der Waals surface area contributed by atoms with Gasteiger partial charge in [0.15, 0.2) is 11.5 Å². The van der Waals surface area contributed by atoms with E-state index in [1.54, 1.807) is 0 Å². The fourth-order valence-corrected chi connectivity index (χ4v) is 2.81. The minimum Gasteiger partial charge on any atom is -0.493 e. The highest BCUT2D eigenvalue weighted by Crippen LogP contribution is 2.45. The lowest BCUT2D eigenvalue weighted by Gasteiger charge is -2.36. The van der Waals surface area contributed by atoms with Gasteiger partial charge >= 0.3 is 6.18 Å². The van der Waals surface area contributed by atoms with E-state index in [1.165, 1.54) is 38.4 Å². The number of hydrogen-bond donors (Lipinski definition) is 1. The molecule has 138 valence electrons. The number of alkyl halides is 3. The number of halogens is 4. The number of methoxy groups -OCH3 is 3. The standard InChI is InChI=1S/C15H21F3N2O3.ClH/c1-21-11-8-10(9-12(22-2)13(11)23-3)14(15(16,17)18)20-6-4-19-5-7-20;/h8-9,14,19H,4-7H2,1-3H3;1H/t14-;/m0./s1. The molecule has 0 bridgehead atoms. The summed E-state index contributed by atoms with van der Waals surface area (Å²) < 4.78 is 56.5. The van der Waals surface area contributed by atoms with Crippen molar-refractivity contribution >= 4 is 12.4 Å². The second kappa shape index (κ2) is 8.64. The summed E-state index contributed by atoms with van der Waals surface area (Å²) in [7, 11) is 4.18. The molecule has 1 atom stereocenters. The van der Waals surface area contributed by atoms with Crippen LogP contribution in [0.4, 0.5) is 13.2 Å². The smallest absolute Gasteiger partial charge is 0.408 e. The second-order valence-corrected chi connectivity index (χ2v) is 5.19. The molecule has 1 heterocycles. The van der Waals surface area contributed by atoms with E-state index in [4.69, 9.17) is 14.2 Å². The molecule has 0 spiro atoms. The first kappa shape index (κ1) is 20.7. The van der Waals surface area contributed by atoms with Gasteiger partial charge in [-0.05, 0) is 17.7 Å². The summed E-state index contributed by atoms with van der Waals surface area (Å²) in [6.45, 7) is 1.69. The SMILES string of the molecule is COc1cc([C@H](N2CCNCC2)C(F)(F)F)cc(OC)c1OC.Cl. The van der Waals surface area contributed by atoms with Gasteiger partial charge in [-0.3, -0.25) is 4.90 Å². The van der Waals surface area contributed by atoms with Crippen molar-refractivity contribution in [2.75, 3.05) is 47.5 Å². The number of ether oxygens (including phenoxy) is 3. The summed E-state index contributed by atoms with van der Waals surface area (Å²) in [5.41, 5.74) is 0.0777. The lowest BCUT2D eigenvalue weighted by molar-refractivity contribution is -0.187. The first-order valence-electron chi connectivity index (χ1n) is 7.23. The van der Waals surface area contributed by atoms with Crippen molar-refractivity contribution in [2.45, 2.75) is 12.2 Å². The number of rotatable bonds is 5. The van der Waals surface area contributed by atoms with Crippen LogP contribution in [0.5, 0.6) is 17.2 Å².